The van der Waals surface area contributed by atoms with E-state index in [2.05, 4.69) is 4.98 Å². The first-order chi connectivity index (χ1) is 10.2. The summed E-state index contributed by atoms with van der Waals surface area (Å²) in [5, 5.41) is 0.891. The molecule has 1 saturated heterocycles. The highest BCUT2D eigenvalue weighted by atomic mass is 32.1. The minimum Gasteiger partial charge on any atom is -0.381 e. The molecule has 6 heteroatoms. The number of fused-ring (bicyclic) bond motifs is 3. The van der Waals surface area contributed by atoms with Gasteiger partial charge in [-0.3, -0.25) is 9.36 Å². The maximum Gasteiger partial charge on any atom is 0.263 e. The minimum atomic E-state index is 0.0973. The number of hydrogen-bond donors (Lipinski definition) is 1. The van der Waals surface area contributed by atoms with Crippen LogP contribution in [0.2, 0.25) is 0 Å². The second-order valence-electron chi connectivity index (χ2n) is 5.99. The van der Waals surface area contributed by atoms with Crippen molar-refractivity contribution in [3.63, 3.8) is 0 Å². The number of nitrogens with one attached hydrogen (secondary N) is 1. The van der Waals surface area contributed by atoms with Gasteiger partial charge in [0.2, 0.25) is 0 Å². The van der Waals surface area contributed by atoms with E-state index in [1.54, 1.807) is 15.9 Å². The zero-order valence-electron chi connectivity index (χ0n) is 11.8. The number of ether oxygens (including phenoxy) is 1. The summed E-state index contributed by atoms with van der Waals surface area (Å²) in [6.07, 6.45) is 5.56. The predicted octanol–water partition coefficient (Wildman–Crippen LogP) is 3.04. The fraction of sp³-hybridized carbons (Fsp3) is 0.600. The molecule has 0 bridgehead atoms. The van der Waals surface area contributed by atoms with Crippen LogP contribution in [-0.4, -0.2) is 22.8 Å². The van der Waals surface area contributed by atoms with E-state index < -0.39 is 0 Å². The number of aryl methyl sites for hydroxylation is 2. The van der Waals surface area contributed by atoms with Gasteiger partial charge in [-0.2, -0.15) is 0 Å². The topological polar surface area (TPSA) is 47.0 Å². The van der Waals surface area contributed by atoms with E-state index in [4.69, 9.17) is 17.0 Å². The Kier molecular flexibility index (Phi) is 3.47. The summed E-state index contributed by atoms with van der Waals surface area (Å²) in [5.74, 6) is 0.407. The van der Waals surface area contributed by atoms with Gasteiger partial charge >= 0.3 is 0 Å². The van der Waals surface area contributed by atoms with Crippen LogP contribution in [0.1, 0.15) is 29.7 Å². The fourth-order valence-corrected chi connectivity index (χ4v) is 5.03. The molecule has 0 aromatic carbocycles. The molecule has 0 amide bonds. The first kappa shape index (κ1) is 13.7. The molecule has 4 nitrogen and oxygen atoms in total. The van der Waals surface area contributed by atoms with E-state index in [0.717, 1.165) is 42.7 Å². The van der Waals surface area contributed by atoms with Crippen LogP contribution in [0.4, 0.5) is 0 Å². The van der Waals surface area contributed by atoms with E-state index >= 15 is 0 Å². The van der Waals surface area contributed by atoms with Gasteiger partial charge in [-0.15, -0.1) is 11.3 Å². The van der Waals surface area contributed by atoms with Crippen molar-refractivity contribution in [2.45, 2.75) is 38.6 Å². The van der Waals surface area contributed by atoms with Crippen LogP contribution in [0.15, 0.2) is 4.79 Å². The Morgan fingerprint density at radius 3 is 3.05 bits per heavy atom. The Labute approximate surface area is 131 Å². The van der Waals surface area contributed by atoms with Crippen molar-refractivity contribution in [1.82, 2.24) is 9.55 Å². The van der Waals surface area contributed by atoms with Gasteiger partial charge in [0.25, 0.3) is 5.56 Å². The number of nitrogens with zero attached hydrogens (tertiary/aromatic N) is 1. The molecular weight excluding hydrogens is 304 g/mol. The van der Waals surface area contributed by atoms with Gasteiger partial charge in [-0.05, 0) is 49.9 Å². The van der Waals surface area contributed by atoms with Crippen LogP contribution in [0.25, 0.3) is 10.2 Å². The molecule has 0 radical (unpaired) electrons. The Morgan fingerprint density at radius 1 is 1.38 bits per heavy atom. The monoisotopic (exact) mass is 322 g/mol. The smallest absolute Gasteiger partial charge is 0.263 e. The molecule has 1 aliphatic carbocycles. The Morgan fingerprint density at radius 2 is 2.24 bits per heavy atom. The van der Waals surface area contributed by atoms with Crippen molar-refractivity contribution < 1.29 is 4.74 Å². The molecule has 0 spiro atoms. The molecule has 1 N–H and O–H groups in total. The average Bonchev–Trinajstić information content (AvgIpc) is 3.10. The van der Waals surface area contributed by atoms with Crippen LogP contribution in [0.3, 0.4) is 0 Å². The third-order valence-electron chi connectivity index (χ3n) is 4.56. The van der Waals surface area contributed by atoms with E-state index in [9.17, 15) is 4.79 Å². The minimum absolute atomic E-state index is 0.0973. The molecule has 2 aromatic rings. The lowest BCUT2D eigenvalue weighted by Crippen LogP contribution is -2.26. The SMILES string of the molecule is O=c1c2c3c(sc2[nH]c(=S)n1CC1CCOC1)CCCC3. The number of thiophene rings is 1. The third-order valence-corrected chi connectivity index (χ3v) is 6.09. The number of aromatic amines is 1. The summed E-state index contributed by atoms with van der Waals surface area (Å²) in [5.41, 5.74) is 1.37. The van der Waals surface area contributed by atoms with Crippen LogP contribution in [0, 0.1) is 10.7 Å². The van der Waals surface area contributed by atoms with Crippen molar-refractivity contribution in [2.75, 3.05) is 13.2 Å². The van der Waals surface area contributed by atoms with Gasteiger partial charge in [-0.1, -0.05) is 0 Å². The normalized spacial score (nSPS) is 21.8. The molecule has 2 aromatic heterocycles. The highest BCUT2D eigenvalue weighted by Gasteiger charge is 2.22. The predicted molar refractivity (Wildman–Crippen MR) is 86.8 cm³/mol. The van der Waals surface area contributed by atoms with E-state index in [-0.39, 0.29) is 5.56 Å². The lowest BCUT2D eigenvalue weighted by molar-refractivity contribution is 0.182. The first-order valence-corrected chi connectivity index (χ1v) is 8.81. The van der Waals surface area contributed by atoms with Crippen molar-refractivity contribution in [1.29, 1.82) is 0 Å². The molecule has 1 unspecified atom stereocenters. The van der Waals surface area contributed by atoms with Crippen molar-refractivity contribution >= 4 is 33.8 Å². The summed E-state index contributed by atoms with van der Waals surface area (Å²) in [6.45, 7) is 2.21. The van der Waals surface area contributed by atoms with Gasteiger partial charge in [0.05, 0.1) is 12.0 Å². The van der Waals surface area contributed by atoms with E-state index in [1.165, 1.54) is 23.3 Å². The molecule has 112 valence electrons. The zero-order chi connectivity index (χ0) is 14.4. The van der Waals surface area contributed by atoms with Gasteiger partial charge in [0.15, 0.2) is 4.77 Å². The van der Waals surface area contributed by atoms with Gasteiger partial charge in [0.1, 0.15) is 4.83 Å². The maximum absolute atomic E-state index is 12.9. The summed E-state index contributed by atoms with van der Waals surface area (Å²) >= 11 is 7.13. The van der Waals surface area contributed by atoms with Crippen LogP contribution < -0.4 is 5.56 Å². The third kappa shape index (κ3) is 2.29. The summed E-state index contributed by atoms with van der Waals surface area (Å²) < 4.78 is 7.72. The molecular formula is C15H18N2O2S2. The second kappa shape index (κ2) is 5.34. The number of hydrogen-bond acceptors (Lipinski definition) is 4. The molecule has 4 rings (SSSR count). The molecule has 2 aliphatic rings. The number of H-pyrrole nitrogens is 1. The Bertz CT molecular complexity index is 796. The average molecular weight is 322 g/mol. The molecule has 1 atom stereocenters. The van der Waals surface area contributed by atoms with E-state index in [0.29, 0.717) is 17.2 Å². The Hall–Kier alpha value is -0.980. The second-order valence-corrected chi connectivity index (χ2v) is 7.48. The summed E-state index contributed by atoms with van der Waals surface area (Å²) in [7, 11) is 0. The van der Waals surface area contributed by atoms with Crippen molar-refractivity contribution in [3.05, 3.63) is 25.6 Å². The highest BCUT2D eigenvalue weighted by Crippen LogP contribution is 2.33. The van der Waals surface area contributed by atoms with Crippen LogP contribution >= 0.6 is 23.6 Å². The lowest BCUT2D eigenvalue weighted by Gasteiger charge is -2.12. The van der Waals surface area contributed by atoms with Gasteiger partial charge < -0.3 is 9.72 Å². The summed E-state index contributed by atoms with van der Waals surface area (Å²) in [6, 6.07) is 0. The molecule has 1 fully saturated rings. The number of rotatable bonds is 2. The van der Waals surface area contributed by atoms with Crippen LogP contribution in [-0.2, 0) is 24.1 Å². The zero-order valence-corrected chi connectivity index (χ0v) is 13.4. The molecule has 21 heavy (non-hydrogen) atoms. The summed E-state index contributed by atoms with van der Waals surface area (Å²) in [4.78, 5) is 18.5. The largest absolute Gasteiger partial charge is 0.381 e. The van der Waals surface area contributed by atoms with Gasteiger partial charge in [0, 0.05) is 23.9 Å². The molecule has 1 aliphatic heterocycles. The Balaban J connectivity index is 1.87. The maximum atomic E-state index is 12.9. The van der Waals surface area contributed by atoms with Crippen molar-refractivity contribution in [3.8, 4) is 0 Å². The molecule has 3 heterocycles. The fourth-order valence-electron chi connectivity index (χ4n) is 3.42. The van der Waals surface area contributed by atoms with Gasteiger partial charge in [-0.25, -0.2) is 0 Å². The highest BCUT2D eigenvalue weighted by molar-refractivity contribution is 7.71. The molecule has 0 saturated carbocycles. The van der Waals surface area contributed by atoms with E-state index in [1.807, 2.05) is 0 Å². The van der Waals surface area contributed by atoms with Crippen LogP contribution in [0.5, 0.6) is 0 Å². The van der Waals surface area contributed by atoms with Crippen molar-refractivity contribution in [2.24, 2.45) is 5.92 Å². The lowest BCUT2D eigenvalue weighted by atomic mass is 9.97. The standard InChI is InChI=1S/C15H18N2O2S2/c18-14-12-10-3-1-2-4-11(10)21-13(12)16-15(20)17(14)7-9-5-6-19-8-9/h9H,1-8H2,(H,16,20). The number of aromatic nitrogens is 2. The first-order valence-electron chi connectivity index (χ1n) is 7.59. The quantitative estimate of drug-likeness (QED) is 0.865.